The van der Waals surface area contributed by atoms with Crippen LogP contribution in [0, 0.1) is 0 Å². The van der Waals surface area contributed by atoms with Crippen LogP contribution in [0.2, 0.25) is 0 Å². The Morgan fingerprint density at radius 1 is 1.24 bits per heavy atom. The molecular weight excluding hydrogens is 268 g/mol. The van der Waals surface area contributed by atoms with Gasteiger partial charge >= 0.3 is 0 Å². The summed E-state index contributed by atoms with van der Waals surface area (Å²) in [4.78, 5) is 24.1. The number of hydrogen-bond acceptors (Lipinski definition) is 5. The molecule has 0 bridgehead atoms. The van der Waals surface area contributed by atoms with Gasteiger partial charge in [0.1, 0.15) is 0 Å². The topological polar surface area (TPSA) is 80.9 Å². The number of nitrogens with zero attached hydrogens (tertiary/aromatic N) is 3. The summed E-state index contributed by atoms with van der Waals surface area (Å²) in [6, 6.07) is 7.39. The van der Waals surface area contributed by atoms with Crippen LogP contribution in [-0.2, 0) is 17.8 Å². The molecule has 0 aliphatic heterocycles. The molecule has 21 heavy (non-hydrogen) atoms. The fourth-order valence-corrected chi connectivity index (χ4v) is 1.96. The lowest BCUT2D eigenvalue weighted by molar-refractivity contribution is -0.121. The van der Waals surface area contributed by atoms with Crippen molar-refractivity contribution in [3.05, 3.63) is 54.3 Å². The molecule has 1 N–H and O–H groups in total. The van der Waals surface area contributed by atoms with Crippen molar-refractivity contribution in [1.82, 2.24) is 20.3 Å². The van der Waals surface area contributed by atoms with Gasteiger partial charge in [0.2, 0.25) is 11.8 Å². The van der Waals surface area contributed by atoms with Crippen molar-refractivity contribution in [1.29, 1.82) is 0 Å². The average Bonchev–Trinajstić information content (AvgIpc) is 2.95. The normalized spacial score (nSPS) is 10.7. The van der Waals surface area contributed by atoms with E-state index in [0.29, 0.717) is 30.0 Å². The number of fused-ring (bicyclic) bond motifs is 1. The molecule has 0 fully saturated rings. The molecule has 3 heterocycles. The minimum absolute atomic E-state index is 0.0472. The molecule has 0 aromatic carbocycles. The number of pyridine rings is 2. The number of nitrogens with one attached hydrogen (secondary N) is 1. The van der Waals surface area contributed by atoms with Crippen molar-refractivity contribution in [3.8, 4) is 0 Å². The van der Waals surface area contributed by atoms with Gasteiger partial charge in [-0.1, -0.05) is 6.07 Å². The predicted octanol–water partition coefficient (Wildman–Crippen LogP) is 1.87. The lowest BCUT2D eigenvalue weighted by atomic mass is 10.1. The van der Waals surface area contributed by atoms with Gasteiger partial charge in [-0.05, 0) is 30.2 Å². The number of carbonyl (C=O) groups is 1. The van der Waals surface area contributed by atoms with Crippen LogP contribution in [0.5, 0.6) is 0 Å². The minimum atomic E-state index is -0.0472. The van der Waals surface area contributed by atoms with Crippen LogP contribution in [0.25, 0.3) is 11.2 Å². The second kappa shape index (κ2) is 6.13. The largest absolute Gasteiger partial charge is 0.437 e. The first kappa shape index (κ1) is 13.2. The Balaban J connectivity index is 1.51. The van der Waals surface area contributed by atoms with E-state index in [0.717, 1.165) is 5.56 Å². The summed E-state index contributed by atoms with van der Waals surface area (Å²) in [6.45, 7) is 0.266. The first-order valence-electron chi connectivity index (χ1n) is 6.67. The summed E-state index contributed by atoms with van der Waals surface area (Å²) in [7, 11) is 0. The van der Waals surface area contributed by atoms with Crippen LogP contribution >= 0.6 is 0 Å². The van der Waals surface area contributed by atoms with E-state index in [2.05, 4.69) is 20.3 Å². The third-order valence-electron chi connectivity index (χ3n) is 3.01. The van der Waals surface area contributed by atoms with E-state index in [-0.39, 0.29) is 12.5 Å². The highest BCUT2D eigenvalue weighted by molar-refractivity contribution is 5.76. The first-order valence-corrected chi connectivity index (χ1v) is 6.67. The van der Waals surface area contributed by atoms with E-state index in [1.807, 2.05) is 12.1 Å². The molecular formula is C15H14N4O2. The van der Waals surface area contributed by atoms with Crippen molar-refractivity contribution >= 4 is 17.1 Å². The number of hydrogen-bond donors (Lipinski definition) is 1. The monoisotopic (exact) mass is 282 g/mol. The van der Waals surface area contributed by atoms with Gasteiger partial charge in [-0.25, -0.2) is 4.98 Å². The molecule has 3 rings (SSSR count). The first-order chi connectivity index (χ1) is 10.3. The highest BCUT2D eigenvalue weighted by Gasteiger charge is 2.08. The molecule has 0 atom stereocenters. The van der Waals surface area contributed by atoms with E-state index in [4.69, 9.17) is 4.42 Å². The van der Waals surface area contributed by atoms with Crippen LogP contribution in [-0.4, -0.2) is 20.9 Å². The Labute approximate surface area is 121 Å². The maximum Gasteiger partial charge on any atom is 0.220 e. The zero-order valence-corrected chi connectivity index (χ0v) is 11.3. The summed E-state index contributed by atoms with van der Waals surface area (Å²) in [6.07, 6.45) is 6.20. The zero-order chi connectivity index (χ0) is 14.5. The van der Waals surface area contributed by atoms with E-state index in [9.17, 15) is 4.79 Å². The molecule has 0 aliphatic carbocycles. The lowest BCUT2D eigenvalue weighted by Gasteiger charge is -2.02. The Hall–Kier alpha value is -2.76. The van der Waals surface area contributed by atoms with Gasteiger partial charge < -0.3 is 9.73 Å². The molecule has 0 unspecified atom stereocenters. The number of aryl methyl sites for hydroxylation is 1. The second-order valence-electron chi connectivity index (χ2n) is 4.57. The number of carbonyl (C=O) groups excluding carboxylic acids is 1. The Morgan fingerprint density at radius 3 is 2.95 bits per heavy atom. The maximum absolute atomic E-state index is 11.8. The van der Waals surface area contributed by atoms with Crippen molar-refractivity contribution in [2.24, 2.45) is 0 Å². The maximum atomic E-state index is 11.8. The van der Waals surface area contributed by atoms with E-state index >= 15 is 0 Å². The molecule has 3 aromatic rings. The summed E-state index contributed by atoms with van der Waals surface area (Å²) >= 11 is 0. The van der Waals surface area contributed by atoms with Gasteiger partial charge in [0, 0.05) is 25.0 Å². The van der Waals surface area contributed by atoms with Gasteiger partial charge in [0.25, 0.3) is 0 Å². The molecule has 6 nitrogen and oxygen atoms in total. The van der Waals surface area contributed by atoms with Gasteiger partial charge in [-0.3, -0.25) is 9.78 Å². The summed E-state index contributed by atoms with van der Waals surface area (Å²) in [5, 5.41) is 2.79. The third kappa shape index (κ3) is 3.42. The Kier molecular flexibility index (Phi) is 3.86. The van der Waals surface area contributed by atoms with E-state index < -0.39 is 0 Å². The quantitative estimate of drug-likeness (QED) is 0.772. The van der Waals surface area contributed by atoms with Crippen molar-refractivity contribution in [2.45, 2.75) is 19.4 Å². The highest BCUT2D eigenvalue weighted by Crippen LogP contribution is 2.11. The summed E-state index contributed by atoms with van der Waals surface area (Å²) < 4.78 is 5.48. The highest BCUT2D eigenvalue weighted by atomic mass is 16.3. The van der Waals surface area contributed by atoms with E-state index in [1.165, 1.54) is 0 Å². The van der Waals surface area contributed by atoms with Crippen LogP contribution in [0.4, 0.5) is 0 Å². The summed E-state index contributed by atoms with van der Waals surface area (Å²) in [5.41, 5.74) is 2.22. The molecule has 0 spiro atoms. The van der Waals surface area contributed by atoms with Gasteiger partial charge in [-0.15, -0.1) is 0 Å². The SMILES string of the molecule is O=C(CCc1cccnc1)NCc1nc2ncccc2o1. The van der Waals surface area contributed by atoms with Crippen molar-refractivity contribution in [3.63, 3.8) is 0 Å². The van der Waals surface area contributed by atoms with Crippen molar-refractivity contribution in [2.75, 3.05) is 0 Å². The standard InChI is InChI=1S/C15H14N4O2/c20-13(6-5-11-3-1-7-16-9-11)18-10-14-19-15-12(21-14)4-2-8-17-15/h1-4,7-9H,5-6,10H2,(H,18,20). The molecule has 0 saturated heterocycles. The van der Waals surface area contributed by atoms with Crippen LogP contribution in [0.1, 0.15) is 17.9 Å². The van der Waals surface area contributed by atoms with Crippen LogP contribution in [0.3, 0.4) is 0 Å². The third-order valence-corrected chi connectivity index (χ3v) is 3.01. The smallest absolute Gasteiger partial charge is 0.220 e. The van der Waals surface area contributed by atoms with Gasteiger partial charge in [0.15, 0.2) is 11.2 Å². The van der Waals surface area contributed by atoms with Gasteiger partial charge in [0.05, 0.1) is 6.54 Å². The minimum Gasteiger partial charge on any atom is -0.437 e. The number of aromatic nitrogens is 3. The molecule has 1 amide bonds. The van der Waals surface area contributed by atoms with E-state index in [1.54, 1.807) is 30.7 Å². The molecule has 106 valence electrons. The lowest BCUT2D eigenvalue weighted by Crippen LogP contribution is -2.23. The number of oxazole rings is 1. The van der Waals surface area contributed by atoms with Crippen molar-refractivity contribution < 1.29 is 9.21 Å². The molecule has 0 radical (unpaired) electrons. The molecule has 0 aliphatic rings. The zero-order valence-electron chi connectivity index (χ0n) is 11.3. The second-order valence-corrected chi connectivity index (χ2v) is 4.57. The van der Waals surface area contributed by atoms with Gasteiger partial charge in [-0.2, -0.15) is 4.98 Å². The Morgan fingerprint density at radius 2 is 2.14 bits per heavy atom. The number of rotatable bonds is 5. The molecule has 0 saturated carbocycles. The molecule has 3 aromatic heterocycles. The number of amides is 1. The summed E-state index contributed by atoms with van der Waals surface area (Å²) in [5.74, 6) is 0.410. The fourth-order valence-electron chi connectivity index (χ4n) is 1.96. The van der Waals surface area contributed by atoms with Crippen LogP contribution < -0.4 is 5.32 Å². The fraction of sp³-hybridized carbons (Fsp3) is 0.200. The Bertz CT molecular complexity index is 707. The average molecular weight is 282 g/mol. The molecule has 6 heteroatoms. The predicted molar refractivity (Wildman–Crippen MR) is 76.2 cm³/mol. The van der Waals surface area contributed by atoms with Crippen LogP contribution in [0.15, 0.2) is 47.3 Å².